The molecule has 1 aliphatic carbocycles. The van der Waals surface area contributed by atoms with Gasteiger partial charge >= 0.3 is 5.97 Å². The first-order valence-electron chi connectivity index (χ1n) is 4.98. The standard InChI is InChI=1S/C12H14O3/c1-14-11-6-4-3-5-8(11)9-7-10(9)12(13)15-2/h3-6,9-10H,7H2,1-2H3. The first-order chi connectivity index (χ1) is 7.27. The molecule has 0 saturated heterocycles. The van der Waals surface area contributed by atoms with Gasteiger partial charge < -0.3 is 9.47 Å². The fourth-order valence-corrected chi connectivity index (χ4v) is 1.92. The highest BCUT2D eigenvalue weighted by Crippen LogP contribution is 2.50. The van der Waals surface area contributed by atoms with Crippen LogP contribution in [0.15, 0.2) is 24.3 Å². The normalized spacial score (nSPS) is 23.3. The van der Waals surface area contributed by atoms with E-state index in [2.05, 4.69) is 0 Å². The molecule has 1 aromatic carbocycles. The zero-order valence-corrected chi connectivity index (χ0v) is 8.90. The molecule has 80 valence electrons. The molecular formula is C12H14O3. The van der Waals surface area contributed by atoms with E-state index >= 15 is 0 Å². The van der Waals surface area contributed by atoms with Gasteiger partial charge in [-0.05, 0) is 18.1 Å². The van der Waals surface area contributed by atoms with E-state index < -0.39 is 0 Å². The molecule has 1 fully saturated rings. The minimum absolute atomic E-state index is 0.0197. The van der Waals surface area contributed by atoms with E-state index in [4.69, 9.17) is 9.47 Å². The van der Waals surface area contributed by atoms with Crippen molar-refractivity contribution < 1.29 is 14.3 Å². The average Bonchev–Trinajstić information content (AvgIpc) is 3.08. The predicted octanol–water partition coefficient (Wildman–Crippen LogP) is 1.97. The lowest BCUT2D eigenvalue weighted by atomic mass is 10.1. The van der Waals surface area contributed by atoms with Gasteiger partial charge in [-0.15, -0.1) is 0 Å². The van der Waals surface area contributed by atoms with Crippen LogP contribution in [0.2, 0.25) is 0 Å². The third kappa shape index (κ3) is 1.82. The van der Waals surface area contributed by atoms with E-state index in [-0.39, 0.29) is 17.8 Å². The second-order valence-corrected chi connectivity index (χ2v) is 3.71. The van der Waals surface area contributed by atoms with Crippen molar-refractivity contribution in [3.8, 4) is 5.75 Å². The summed E-state index contributed by atoms with van der Waals surface area (Å²) in [6, 6.07) is 7.82. The van der Waals surface area contributed by atoms with Crippen LogP contribution < -0.4 is 4.74 Å². The van der Waals surface area contributed by atoms with Crippen LogP contribution in [0.3, 0.4) is 0 Å². The number of esters is 1. The Morgan fingerprint density at radius 1 is 1.33 bits per heavy atom. The Morgan fingerprint density at radius 2 is 2.07 bits per heavy atom. The molecule has 0 radical (unpaired) electrons. The molecule has 3 heteroatoms. The molecule has 0 amide bonds. The van der Waals surface area contributed by atoms with Crippen LogP contribution in [0, 0.1) is 5.92 Å². The van der Waals surface area contributed by atoms with Crippen molar-refractivity contribution in [2.45, 2.75) is 12.3 Å². The zero-order chi connectivity index (χ0) is 10.8. The molecule has 15 heavy (non-hydrogen) atoms. The highest BCUT2D eigenvalue weighted by molar-refractivity contribution is 5.77. The van der Waals surface area contributed by atoms with E-state index in [1.54, 1.807) is 7.11 Å². The number of methoxy groups -OCH3 is 2. The Balaban J connectivity index is 2.16. The SMILES string of the molecule is COC(=O)C1CC1c1ccccc1OC. The van der Waals surface area contributed by atoms with E-state index in [1.807, 2.05) is 24.3 Å². The Hall–Kier alpha value is -1.51. The van der Waals surface area contributed by atoms with Gasteiger partial charge in [0.1, 0.15) is 5.75 Å². The number of carbonyl (C=O) groups excluding carboxylic acids is 1. The van der Waals surface area contributed by atoms with Crippen molar-refractivity contribution in [2.75, 3.05) is 14.2 Å². The van der Waals surface area contributed by atoms with E-state index in [1.165, 1.54) is 7.11 Å². The number of ether oxygens (including phenoxy) is 2. The molecule has 0 aliphatic heterocycles. The molecule has 2 atom stereocenters. The number of hydrogen-bond acceptors (Lipinski definition) is 3. The number of benzene rings is 1. The van der Waals surface area contributed by atoms with Crippen molar-refractivity contribution in [3.63, 3.8) is 0 Å². The van der Waals surface area contributed by atoms with Gasteiger partial charge in [0.15, 0.2) is 0 Å². The molecule has 2 rings (SSSR count). The summed E-state index contributed by atoms with van der Waals surface area (Å²) in [6.45, 7) is 0. The van der Waals surface area contributed by atoms with Gasteiger partial charge in [-0.25, -0.2) is 0 Å². The molecule has 0 N–H and O–H groups in total. The summed E-state index contributed by atoms with van der Waals surface area (Å²) in [5.74, 6) is 1.03. The molecule has 1 aliphatic rings. The molecule has 0 heterocycles. The van der Waals surface area contributed by atoms with Gasteiger partial charge in [0.25, 0.3) is 0 Å². The summed E-state index contributed by atoms with van der Waals surface area (Å²) >= 11 is 0. The average molecular weight is 206 g/mol. The summed E-state index contributed by atoms with van der Waals surface area (Å²) in [5, 5.41) is 0. The molecule has 0 aromatic heterocycles. The van der Waals surface area contributed by atoms with Crippen molar-refractivity contribution >= 4 is 5.97 Å². The number of hydrogen-bond donors (Lipinski definition) is 0. The second-order valence-electron chi connectivity index (χ2n) is 3.71. The molecule has 2 unspecified atom stereocenters. The van der Waals surface area contributed by atoms with E-state index in [0.29, 0.717) is 0 Å². The van der Waals surface area contributed by atoms with Crippen LogP contribution in [0.4, 0.5) is 0 Å². The van der Waals surface area contributed by atoms with Crippen molar-refractivity contribution in [2.24, 2.45) is 5.92 Å². The minimum Gasteiger partial charge on any atom is -0.496 e. The van der Waals surface area contributed by atoms with Gasteiger partial charge in [0.05, 0.1) is 20.1 Å². The second kappa shape index (κ2) is 3.93. The molecule has 0 spiro atoms. The van der Waals surface area contributed by atoms with E-state index in [0.717, 1.165) is 17.7 Å². The van der Waals surface area contributed by atoms with Gasteiger partial charge in [-0.3, -0.25) is 4.79 Å². The lowest BCUT2D eigenvalue weighted by molar-refractivity contribution is -0.142. The molecular weight excluding hydrogens is 192 g/mol. The molecule has 1 aromatic rings. The van der Waals surface area contributed by atoms with E-state index in [9.17, 15) is 4.79 Å². The monoisotopic (exact) mass is 206 g/mol. The Kier molecular flexibility index (Phi) is 2.62. The molecule has 3 nitrogen and oxygen atoms in total. The molecule has 0 bridgehead atoms. The lowest BCUT2D eigenvalue weighted by Gasteiger charge is -2.06. The Bertz CT molecular complexity index is 373. The molecule has 1 saturated carbocycles. The summed E-state index contributed by atoms with van der Waals surface area (Å²) in [7, 11) is 3.08. The highest BCUT2D eigenvalue weighted by atomic mass is 16.5. The lowest BCUT2D eigenvalue weighted by Crippen LogP contribution is -2.04. The largest absolute Gasteiger partial charge is 0.496 e. The van der Waals surface area contributed by atoms with Crippen LogP contribution in [0.1, 0.15) is 17.9 Å². The van der Waals surface area contributed by atoms with Crippen molar-refractivity contribution in [1.82, 2.24) is 0 Å². The van der Waals surface area contributed by atoms with Gasteiger partial charge in [0, 0.05) is 5.92 Å². The maximum Gasteiger partial charge on any atom is 0.309 e. The minimum atomic E-state index is -0.120. The van der Waals surface area contributed by atoms with Crippen LogP contribution in [-0.4, -0.2) is 20.2 Å². The highest BCUT2D eigenvalue weighted by Gasteiger charge is 2.46. The predicted molar refractivity (Wildman–Crippen MR) is 55.9 cm³/mol. The van der Waals surface area contributed by atoms with Crippen LogP contribution in [0.5, 0.6) is 5.75 Å². The topological polar surface area (TPSA) is 35.5 Å². The summed E-state index contributed by atoms with van der Waals surface area (Å²) in [5.41, 5.74) is 1.11. The van der Waals surface area contributed by atoms with Crippen LogP contribution in [0.25, 0.3) is 0 Å². The zero-order valence-electron chi connectivity index (χ0n) is 8.90. The fraction of sp³-hybridized carbons (Fsp3) is 0.417. The summed E-state index contributed by atoms with van der Waals surface area (Å²) in [4.78, 5) is 11.3. The third-order valence-corrected chi connectivity index (χ3v) is 2.83. The van der Waals surface area contributed by atoms with Crippen LogP contribution in [-0.2, 0) is 9.53 Å². The maximum absolute atomic E-state index is 11.3. The van der Waals surface area contributed by atoms with Crippen LogP contribution >= 0.6 is 0 Å². The van der Waals surface area contributed by atoms with Gasteiger partial charge in [-0.1, -0.05) is 18.2 Å². The first-order valence-corrected chi connectivity index (χ1v) is 4.98. The summed E-state index contributed by atoms with van der Waals surface area (Å²) < 4.78 is 9.98. The van der Waals surface area contributed by atoms with Gasteiger partial charge in [0.2, 0.25) is 0 Å². The number of carbonyl (C=O) groups is 1. The number of rotatable bonds is 3. The first kappa shape index (κ1) is 10.0. The Morgan fingerprint density at radius 3 is 2.73 bits per heavy atom. The quantitative estimate of drug-likeness (QED) is 0.709. The third-order valence-electron chi connectivity index (χ3n) is 2.83. The van der Waals surface area contributed by atoms with Crippen molar-refractivity contribution in [3.05, 3.63) is 29.8 Å². The van der Waals surface area contributed by atoms with Crippen molar-refractivity contribution in [1.29, 1.82) is 0 Å². The fourth-order valence-electron chi connectivity index (χ4n) is 1.92. The smallest absolute Gasteiger partial charge is 0.309 e. The maximum atomic E-state index is 11.3. The Labute approximate surface area is 89.0 Å². The number of para-hydroxylation sites is 1. The summed E-state index contributed by atoms with van der Waals surface area (Å²) in [6.07, 6.45) is 0.868. The van der Waals surface area contributed by atoms with Gasteiger partial charge in [-0.2, -0.15) is 0 Å².